The Labute approximate surface area is 117 Å². The average Bonchev–Trinajstić information content (AvgIpc) is 2.91. The van der Waals surface area contributed by atoms with Gasteiger partial charge in [0.05, 0.1) is 0 Å². The highest BCUT2D eigenvalue weighted by atomic mass is 16.3. The van der Waals surface area contributed by atoms with Crippen LogP contribution in [0.1, 0.15) is 19.0 Å². The van der Waals surface area contributed by atoms with E-state index in [0.717, 1.165) is 35.3 Å². The molecule has 0 spiro atoms. The summed E-state index contributed by atoms with van der Waals surface area (Å²) in [5.41, 5.74) is 1.89. The summed E-state index contributed by atoms with van der Waals surface area (Å²) in [6, 6.07) is 11.9. The molecular formula is C16H17N3O. The Hall–Kier alpha value is -2.36. The third kappa shape index (κ3) is 2.37. The van der Waals surface area contributed by atoms with Crippen LogP contribution in [0.4, 0.5) is 5.82 Å². The number of nitrogens with zero attached hydrogens (tertiary/aromatic N) is 2. The Bertz CT molecular complexity index is 700. The van der Waals surface area contributed by atoms with Crippen molar-refractivity contribution in [1.82, 2.24) is 9.97 Å². The van der Waals surface area contributed by atoms with Gasteiger partial charge in [-0.2, -0.15) is 0 Å². The number of benzene rings is 1. The summed E-state index contributed by atoms with van der Waals surface area (Å²) in [6.45, 7) is 2.14. The van der Waals surface area contributed by atoms with E-state index in [9.17, 15) is 0 Å². The molecule has 2 aromatic heterocycles. The summed E-state index contributed by atoms with van der Waals surface area (Å²) in [7, 11) is 1.86. The molecule has 0 aliphatic rings. The van der Waals surface area contributed by atoms with Crippen LogP contribution in [-0.4, -0.2) is 17.0 Å². The molecule has 0 saturated heterocycles. The van der Waals surface area contributed by atoms with Gasteiger partial charge in [-0.25, -0.2) is 9.97 Å². The highest BCUT2D eigenvalue weighted by Gasteiger charge is 2.11. The number of aromatic nitrogens is 2. The smallest absolute Gasteiger partial charge is 0.197 e. The van der Waals surface area contributed by atoms with Crippen molar-refractivity contribution in [3.05, 3.63) is 42.1 Å². The van der Waals surface area contributed by atoms with E-state index >= 15 is 0 Å². The first-order valence-corrected chi connectivity index (χ1v) is 6.85. The summed E-state index contributed by atoms with van der Waals surface area (Å²) in [5, 5.41) is 4.14. The first-order chi connectivity index (χ1) is 9.80. The fourth-order valence-electron chi connectivity index (χ4n) is 2.21. The minimum absolute atomic E-state index is 0.636. The van der Waals surface area contributed by atoms with Gasteiger partial charge in [-0.05, 0) is 18.6 Å². The van der Waals surface area contributed by atoms with Crippen LogP contribution in [0.2, 0.25) is 0 Å². The SMILES string of the molecule is CCCc1cc(NC)nc(-c2cc3ccccc3o2)n1. The van der Waals surface area contributed by atoms with E-state index in [1.165, 1.54) is 0 Å². The highest BCUT2D eigenvalue weighted by molar-refractivity contribution is 5.81. The number of hydrogen-bond acceptors (Lipinski definition) is 4. The standard InChI is InChI=1S/C16H17N3O/c1-3-6-12-10-15(17-2)19-16(18-12)14-9-11-7-4-5-8-13(11)20-14/h4-5,7-10H,3,6H2,1-2H3,(H,17,18,19). The normalized spacial score (nSPS) is 10.9. The Balaban J connectivity index is 2.09. The summed E-state index contributed by atoms with van der Waals surface area (Å²) in [5.74, 6) is 2.16. The van der Waals surface area contributed by atoms with Gasteiger partial charge in [-0.15, -0.1) is 0 Å². The van der Waals surface area contributed by atoms with Crippen molar-refractivity contribution >= 4 is 16.8 Å². The molecule has 0 aliphatic carbocycles. The van der Waals surface area contributed by atoms with E-state index in [0.29, 0.717) is 11.6 Å². The minimum Gasteiger partial charge on any atom is -0.453 e. The molecule has 4 nitrogen and oxygen atoms in total. The molecule has 0 saturated carbocycles. The molecule has 20 heavy (non-hydrogen) atoms. The highest BCUT2D eigenvalue weighted by Crippen LogP contribution is 2.26. The molecule has 3 aromatic rings. The second kappa shape index (κ2) is 5.33. The largest absolute Gasteiger partial charge is 0.453 e. The number of rotatable bonds is 4. The second-order valence-electron chi connectivity index (χ2n) is 4.72. The number of hydrogen-bond donors (Lipinski definition) is 1. The maximum atomic E-state index is 5.83. The number of fused-ring (bicyclic) bond motifs is 1. The summed E-state index contributed by atoms with van der Waals surface area (Å²) < 4.78 is 5.83. The Kier molecular flexibility index (Phi) is 3.37. The molecule has 0 radical (unpaired) electrons. The maximum absolute atomic E-state index is 5.83. The zero-order valence-corrected chi connectivity index (χ0v) is 11.7. The number of aryl methyl sites for hydroxylation is 1. The predicted molar refractivity (Wildman–Crippen MR) is 80.8 cm³/mol. The predicted octanol–water partition coefficient (Wildman–Crippen LogP) is 3.88. The Morgan fingerprint density at radius 3 is 2.75 bits per heavy atom. The minimum atomic E-state index is 0.636. The van der Waals surface area contributed by atoms with Crippen molar-refractivity contribution in [3.8, 4) is 11.6 Å². The molecule has 1 N–H and O–H groups in total. The zero-order valence-electron chi connectivity index (χ0n) is 11.7. The molecular weight excluding hydrogens is 250 g/mol. The Morgan fingerprint density at radius 2 is 2.00 bits per heavy atom. The Morgan fingerprint density at radius 1 is 1.15 bits per heavy atom. The van der Waals surface area contributed by atoms with E-state index in [4.69, 9.17) is 4.42 Å². The topological polar surface area (TPSA) is 51.0 Å². The van der Waals surface area contributed by atoms with E-state index in [1.54, 1.807) is 0 Å². The maximum Gasteiger partial charge on any atom is 0.197 e. The van der Waals surface area contributed by atoms with Gasteiger partial charge in [-0.3, -0.25) is 0 Å². The van der Waals surface area contributed by atoms with Gasteiger partial charge in [0.2, 0.25) is 0 Å². The molecule has 0 amide bonds. The molecule has 2 heterocycles. The average molecular weight is 267 g/mol. The van der Waals surface area contributed by atoms with Crippen molar-refractivity contribution < 1.29 is 4.42 Å². The van der Waals surface area contributed by atoms with Crippen molar-refractivity contribution in [3.63, 3.8) is 0 Å². The number of nitrogens with one attached hydrogen (secondary N) is 1. The fraction of sp³-hybridized carbons (Fsp3) is 0.250. The van der Waals surface area contributed by atoms with E-state index in [-0.39, 0.29) is 0 Å². The monoisotopic (exact) mass is 267 g/mol. The molecule has 102 valence electrons. The van der Waals surface area contributed by atoms with Crippen molar-refractivity contribution in [2.75, 3.05) is 12.4 Å². The number of para-hydroxylation sites is 1. The summed E-state index contributed by atoms with van der Waals surface area (Å²) in [4.78, 5) is 9.08. The number of furan rings is 1. The van der Waals surface area contributed by atoms with Gasteiger partial charge >= 0.3 is 0 Å². The van der Waals surface area contributed by atoms with Crippen molar-refractivity contribution in [2.45, 2.75) is 19.8 Å². The molecule has 4 heteroatoms. The molecule has 3 rings (SSSR count). The lowest BCUT2D eigenvalue weighted by molar-refractivity contribution is 0.624. The van der Waals surface area contributed by atoms with Crippen LogP contribution in [0, 0.1) is 0 Å². The van der Waals surface area contributed by atoms with Crippen LogP contribution in [0.25, 0.3) is 22.6 Å². The third-order valence-electron chi connectivity index (χ3n) is 3.19. The van der Waals surface area contributed by atoms with Crippen LogP contribution in [0.15, 0.2) is 40.8 Å². The van der Waals surface area contributed by atoms with Crippen LogP contribution >= 0.6 is 0 Å². The van der Waals surface area contributed by atoms with Crippen LogP contribution in [0.3, 0.4) is 0 Å². The first-order valence-electron chi connectivity index (χ1n) is 6.85. The molecule has 0 unspecified atom stereocenters. The van der Waals surface area contributed by atoms with Crippen LogP contribution in [0.5, 0.6) is 0 Å². The van der Waals surface area contributed by atoms with E-state index in [1.807, 2.05) is 43.4 Å². The van der Waals surface area contributed by atoms with Gasteiger partial charge in [0, 0.05) is 24.2 Å². The van der Waals surface area contributed by atoms with Crippen LogP contribution < -0.4 is 5.32 Å². The van der Waals surface area contributed by atoms with Crippen molar-refractivity contribution in [1.29, 1.82) is 0 Å². The molecule has 0 bridgehead atoms. The lowest BCUT2D eigenvalue weighted by Crippen LogP contribution is -2.00. The zero-order chi connectivity index (χ0) is 13.9. The quantitative estimate of drug-likeness (QED) is 0.779. The molecule has 0 atom stereocenters. The van der Waals surface area contributed by atoms with Gasteiger partial charge in [0.15, 0.2) is 11.6 Å². The van der Waals surface area contributed by atoms with Gasteiger partial charge in [-0.1, -0.05) is 31.5 Å². The van der Waals surface area contributed by atoms with Crippen molar-refractivity contribution in [2.24, 2.45) is 0 Å². The first kappa shape index (κ1) is 12.7. The van der Waals surface area contributed by atoms with Crippen LogP contribution in [-0.2, 0) is 6.42 Å². The fourth-order valence-corrected chi connectivity index (χ4v) is 2.21. The van der Waals surface area contributed by atoms with E-state index in [2.05, 4.69) is 22.2 Å². The molecule has 1 aromatic carbocycles. The van der Waals surface area contributed by atoms with E-state index < -0.39 is 0 Å². The van der Waals surface area contributed by atoms with Gasteiger partial charge in [0.25, 0.3) is 0 Å². The third-order valence-corrected chi connectivity index (χ3v) is 3.19. The van der Waals surface area contributed by atoms with Gasteiger partial charge in [0.1, 0.15) is 11.4 Å². The second-order valence-corrected chi connectivity index (χ2v) is 4.72. The lowest BCUT2D eigenvalue weighted by Gasteiger charge is -2.05. The lowest BCUT2D eigenvalue weighted by atomic mass is 10.2. The summed E-state index contributed by atoms with van der Waals surface area (Å²) >= 11 is 0. The summed E-state index contributed by atoms with van der Waals surface area (Å²) in [6.07, 6.45) is 1.99. The van der Waals surface area contributed by atoms with Gasteiger partial charge < -0.3 is 9.73 Å². The number of anilines is 1. The molecule has 0 aliphatic heterocycles. The molecule has 0 fully saturated rings.